The minimum atomic E-state index is 0.243. The number of carbonyl (C=O) groups is 1. The van der Waals surface area contributed by atoms with Crippen molar-refractivity contribution in [2.45, 2.75) is 19.8 Å². The second-order valence-corrected chi connectivity index (χ2v) is 4.96. The van der Waals surface area contributed by atoms with Gasteiger partial charge in [-0.25, -0.2) is 0 Å². The molecule has 0 N–H and O–H groups in total. The monoisotopic (exact) mass is 279 g/mol. The Morgan fingerprint density at radius 1 is 1.44 bits per heavy atom. The number of Topliss-reactive ketones (excluding diaryl/α,β-unsaturated/α-hetero) is 1. The van der Waals surface area contributed by atoms with E-state index in [0.29, 0.717) is 6.42 Å². The van der Waals surface area contributed by atoms with Gasteiger partial charge < -0.3 is 9.36 Å². The molecule has 0 aliphatic rings. The molecule has 0 aliphatic carbocycles. The first kappa shape index (κ1) is 11.4. The van der Waals surface area contributed by atoms with Crippen molar-refractivity contribution in [3.8, 4) is 0 Å². The van der Waals surface area contributed by atoms with Crippen molar-refractivity contribution in [1.82, 2.24) is 4.57 Å². The molecule has 0 fully saturated rings. The number of rotatable bonds is 3. The second kappa shape index (κ2) is 4.42. The number of ketones is 1. The number of aromatic nitrogens is 1. The van der Waals surface area contributed by atoms with Gasteiger partial charge in [-0.2, -0.15) is 0 Å². The molecular formula is C13H14BrNO. The average Bonchev–Trinajstić information content (AvgIpc) is 2.54. The summed E-state index contributed by atoms with van der Waals surface area (Å²) in [6, 6.07) is 6.18. The third-order valence-corrected chi connectivity index (χ3v) is 3.42. The van der Waals surface area contributed by atoms with E-state index in [0.717, 1.165) is 10.9 Å². The number of aryl methyl sites for hydroxylation is 2. The Hall–Kier alpha value is -1.09. The molecule has 1 heterocycles. The van der Waals surface area contributed by atoms with Crippen LogP contribution in [0.4, 0.5) is 0 Å². The number of halogens is 1. The van der Waals surface area contributed by atoms with E-state index in [9.17, 15) is 4.79 Å². The van der Waals surface area contributed by atoms with E-state index in [4.69, 9.17) is 0 Å². The van der Waals surface area contributed by atoms with Crippen LogP contribution in [0.1, 0.15) is 18.9 Å². The fourth-order valence-corrected chi connectivity index (χ4v) is 2.66. The molecule has 2 aromatic rings. The van der Waals surface area contributed by atoms with E-state index in [2.05, 4.69) is 32.8 Å². The van der Waals surface area contributed by atoms with Crippen molar-refractivity contribution < 1.29 is 4.79 Å². The zero-order valence-electron chi connectivity index (χ0n) is 9.46. The Balaban J connectivity index is 2.47. The van der Waals surface area contributed by atoms with Gasteiger partial charge in [0.15, 0.2) is 0 Å². The van der Waals surface area contributed by atoms with Crippen LogP contribution in [0.2, 0.25) is 0 Å². The number of benzene rings is 1. The molecule has 2 nitrogen and oxygen atoms in total. The van der Waals surface area contributed by atoms with Crippen LogP contribution in [0.25, 0.3) is 10.9 Å². The van der Waals surface area contributed by atoms with Gasteiger partial charge in [0, 0.05) is 29.5 Å². The van der Waals surface area contributed by atoms with Gasteiger partial charge in [0.25, 0.3) is 0 Å². The molecular weight excluding hydrogens is 266 g/mol. The van der Waals surface area contributed by atoms with Gasteiger partial charge in [-0.3, -0.25) is 0 Å². The highest BCUT2D eigenvalue weighted by atomic mass is 79.9. The zero-order chi connectivity index (χ0) is 11.7. The predicted molar refractivity (Wildman–Crippen MR) is 69.6 cm³/mol. The summed E-state index contributed by atoms with van der Waals surface area (Å²) >= 11 is 3.55. The summed E-state index contributed by atoms with van der Waals surface area (Å²) in [5.74, 6) is 0.243. The Labute approximate surface area is 103 Å². The summed E-state index contributed by atoms with van der Waals surface area (Å²) in [5.41, 5.74) is 2.44. The molecule has 0 saturated heterocycles. The Bertz CT molecular complexity index is 542. The molecule has 1 aromatic heterocycles. The van der Waals surface area contributed by atoms with E-state index in [1.807, 2.05) is 19.2 Å². The van der Waals surface area contributed by atoms with Crippen molar-refractivity contribution in [1.29, 1.82) is 0 Å². The highest BCUT2D eigenvalue weighted by Crippen LogP contribution is 2.28. The van der Waals surface area contributed by atoms with Gasteiger partial charge in [0.2, 0.25) is 0 Å². The number of carbonyl (C=O) groups excluding carboxylic acids is 1. The van der Waals surface area contributed by atoms with E-state index in [1.54, 1.807) is 6.92 Å². The number of nitrogens with zero attached hydrogens (tertiary/aromatic N) is 1. The smallest absolute Gasteiger partial charge is 0.130 e. The molecule has 0 spiro atoms. The number of para-hydroxylation sites is 1. The molecule has 0 unspecified atom stereocenters. The molecule has 0 bridgehead atoms. The minimum Gasteiger partial charge on any atom is -0.349 e. The first-order chi connectivity index (χ1) is 7.59. The molecule has 0 saturated carbocycles. The summed E-state index contributed by atoms with van der Waals surface area (Å²) in [6.07, 6.45) is 3.55. The topological polar surface area (TPSA) is 22.0 Å². The van der Waals surface area contributed by atoms with Gasteiger partial charge in [0.1, 0.15) is 5.78 Å². The molecule has 0 atom stereocenters. The van der Waals surface area contributed by atoms with Crippen LogP contribution in [0.5, 0.6) is 0 Å². The first-order valence-electron chi connectivity index (χ1n) is 5.31. The van der Waals surface area contributed by atoms with Crippen molar-refractivity contribution in [2.75, 3.05) is 0 Å². The Kier molecular flexibility index (Phi) is 3.15. The van der Waals surface area contributed by atoms with Gasteiger partial charge in [-0.1, -0.05) is 12.1 Å². The standard InChI is InChI=1S/C13H14BrNO/c1-9(16)6-7-10-8-15(2)13-11(10)4-3-5-12(13)14/h3-5,8H,6-7H2,1-2H3. The van der Waals surface area contributed by atoms with E-state index < -0.39 is 0 Å². The summed E-state index contributed by atoms with van der Waals surface area (Å²) in [4.78, 5) is 11.0. The van der Waals surface area contributed by atoms with Gasteiger partial charge >= 0.3 is 0 Å². The van der Waals surface area contributed by atoms with E-state index >= 15 is 0 Å². The number of hydrogen-bond donors (Lipinski definition) is 0. The summed E-state index contributed by atoms with van der Waals surface area (Å²) in [7, 11) is 2.03. The van der Waals surface area contributed by atoms with Crippen LogP contribution in [-0.2, 0) is 18.3 Å². The quantitative estimate of drug-likeness (QED) is 0.843. The minimum absolute atomic E-state index is 0.243. The first-order valence-corrected chi connectivity index (χ1v) is 6.10. The fraction of sp³-hybridized carbons (Fsp3) is 0.308. The van der Waals surface area contributed by atoms with E-state index in [1.165, 1.54) is 16.5 Å². The average molecular weight is 280 g/mol. The highest BCUT2D eigenvalue weighted by molar-refractivity contribution is 9.10. The largest absolute Gasteiger partial charge is 0.349 e. The third kappa shape index (κ3) is 2.05. The number of hydrogen-bond acceptors (Lipinski definition) is 1. The number of fused-ring (bicyclic) bond motifs is 1. The van der Waals surface area contributed by atoms with Crippen LogP contribution in [0.3, 0.4) is 0 Å². The highest BCUT2D eigenvalue weighted by Gasteiger charge is 2.09. The fourth-order valence-electron chi connectivity index (χ4n) is 2.01. The van der Waals surface area contributed by atoms with Crippen LogP contribution >= 0.6 is 15.9 Å². The maximum Gasteiger partial charge on any atom is 0.130 e. The summed E-state index contributed by atoms with van der Waals surface area (Å²) < 4.78 is 3.20. The van der Waals surface area contributed by atoms with Crippen molar-refractivity contribution >= 4 is 32.6 Å². The molecule has 0 aliphatic heterocycles. The second-order valence-electron chi connectivity index (χ2n) is 4.10. The maximum atomic E-state index is 11.0. The van der Waals surface area contributed by atoms with Gasteiger partial charge in [0.05, 0.1) is 5.52 Å². The Morgan fingerprint density at radius 2 is 2.19 bits per heavy atom. The van der Waals surface area contributed by atoms with Gasteiger partial charge in [-0.05, 0) is 40.9 Å². The van der Waals surface area contributed by atoms with E-state index in [-0.39, 0.29) is 5.78 Å². The molecule has 84 valence electrons. The molecule has 2 rings (SSSR count). The molecule has 3 heteroatoms. The summed E-state index contributed by atoms with van der Waals surface area (Å²) in [6.45, 7) is 1.64. The van der Waals surface area contributed by atoms with Crippen LogP contribution < -0.4 is 0 Å². The van der Waals surface area contributed by atoms with Crippen LogP contribution in [0, 0.1) is 0 Å². The molecule has 0 amide bonds. The lowest BCUT2D eigenvalue weighted by Crippen LogP contribution is -1.93. The predicted octanol–water partition coefficient (Wildman–Crippen LogP) is 3.46. The van der Waals surface area contributed by atoms with Gasteiger partial charge in [-0.15, -0.1) is 0 Å². The lowest BCUT2D eigenvalue weighted by molar-refractivity contribution is -0.116. The van der Waals surface area contributed by atoms with Crippen molar-refractivity contribution in [3.05, 3.63) is 34.4 Å². The normalized spacial score (nSPS) is 10.9. The lowest BCUT2D eigenvalue weighted by Gasteiger charge is -1.99. The third-order valence-electron chi connectivity index (χ3n) is 2.78. The SMILES string of the molecule is CC(=O)CCc1cn(C)c2c(Br)cccc12. The molecule has 1 aromatic carbocycles. The van der Waals surface area contributed by atoms with Crippen LogP contribution in [0.15, 0.2) is 28.9 Å². The molecule has 16 heavy (non-hydrogen) atoms. The summed E-state index contributed by atoms with van der Waals surface area (Å²) in [5, 5.41) is 1.23. The molecule has 0 radical (unpaired) electrons. The lowest BCUT2D eigenvalue weighted by atomic mass is 10.1. The van der Waals surface area contributed by atoms with Crippen molar-refractivity contribution in [3.63, 3.8) is 0 Å². The Morgan fingerprint density at radius 3 is 2.88 bits per heavy atom. The van der Waals surface area contributed by atoms with Crippen molar-refractivity contribution in [2.24, 2.45) is 7.05 Å². The maximum absolute atomic E-state index is 11.0. The zero-order valence-corrected chi connectivity index (χ0v) is 11.0. The van der Waals surface area contributed by atoms with Crippen LogP contribution in [-0.4, -0.2) is 10.4 Å².